The molecule has 1 fully saturated rings. The first-order chi connectivity index (χ1) is 15.7. The molecule has 2 unspecified atom stereocenters. The van der Waals surface area contributed by atoms with Crippen molar-refractivity contribution in [2.24, 2.45) is 5.73 Å². The van der Waals surface area contributed by atoms with Crippen LogP contribution < -0.4 is 19.9 Å². The summed E-state index contributed by atoms with van der Waals surface area (Å²) < 4.78 is 52.3. The van der Waals surface area contributed by atoms with Crippen molar-refractivity contribution in [2.45, 2.75) is 42.7 Å². The number of amides is 1. The van der Waals surface area contributed by atoms with E-state index in [9.17, 15) is 17.6 Å². The first-order valence-electron chi connectivity index (χ1n) is 10.7. The molecule has 1 aliphatic heterocycles. The first kappa shape index (κ1) is 24.9. The van der Waals surface area contributed by atoms with Crippen LogP contribution in [0.1, 0.15) is 24.8 Å². The highest BCUT2D eigenvalue weighted by Crippen LogP contribution is 2.29. The Morgan fingerprint density at radius 1 is 1.21 bits per heavy atom. The van der Waals surface area contributed by atoms with E-state index in [4.69, 9.17) is 15.2 Å². The molecule has 3 N–H and O–H groups in total. The summed E-state index contributed by atoms with van der Waals surface area (Å²) in [6.45, 7) is 0.624. The molecular weight excluding hydrogens is 449 g/mol. The van der Waals surface area contributed by atoms with Gasteiger partial charge in [0.05, 0.1) is 19.1 Å². The molecule has 0 saturated carbocycles. The molecule has 0 aliphatic carbocycles. The lowest BCUT2D eigenvalue weighted by Crippen LogP contribution is -2.44. The molecule has 180 valence electrons. The lowest BCUT2D eigenvalue weighted by atomic mass is 10.0. The summed E-state index contributed by atoms with van der Waals surface area (Å²) in [5.41, 5.74) is 6.58. The Bertz CT molecular complexity index is 1080. The van der Waals surface area contributed by atoms with Crippen LogP contribution in [-0.4, -0.2) is 58.6 Å². The third-order valence-corrected chi connectivity index (χ3v) is 7.17. The predicted octanol–water partition coefficient (Wildman–Crippen LogP) is 2.07. The van der Waals surface area contributed by atoms with Crippen molar-refractivity contribution in [3.63, 3.8) is 0 Å². The normalized spacial score (nSPS) is 17.1. The molecule has 1 heterocycles. The maximum Gasteiger partial charge on any atom is 0.240 e. The lowest BCUT2D eigenvalue weighted by Gasteiger charge is -2.26. The second-order valence-corrected chi connectivity index (χ2v) is 9.78. The standard InChI is InChI=1S/C23H30FN3O5S/c1-31-21-10-9-19(14-22(21)32-2)33(29,30)26-15-18-7-5-11-27(18)23(28)13-17(25)12-16-6-3-4-8-20(16)24/h3-4,6,8-10,14,17-18,26H,5,7,11-13,15,25H2,1-2H3. The summed E-state index contributed by atoms with van der Waals surface area (Å²) >= 11 is 0. The number of hydrogen-bond donors (Lipinski definition) is 2. The molecule has 1 amide bonds. The van der Waals surface area contributed by atoms with Crippen LogP contribution in [0.3, 0.4) is 0 Å². The maximum absolute atomic E-state index is 13.9. The minimum atomic E-state index is -3.81. The van der Waals surface area contributed by atoms with Gasteiger partial charge in [-0.05, 0) is 43.0 Å². The molecule has 2 aromatic rings. The molecule has 0 spiro atoms. The Hall–Kier alpha value is -2.69. The number of halogens is 1. The van der Waals surface area contributed by atoms with Gasteiger partial charge in [0.25, 0.3) is 0 Å². The number of rotatable bonds is 10. The fraction of sp³-hybridized carbons (Fsp3) is 0.435. The van der Waals surface area contributed by atoms with Crippen molar-refractivity contribution in [2.75, 3.05) is 27.3 Å². The average Bonchev–Trinajstić information content (AvgIpc) is 3.27. The minimum absolute atomic E-state index is 0.0444. The second kappa shape index (κ2) is 11.0. The summed E-state index contributed by atoms with van der Waals surface area (Å²) in [7, 11) is -0.911. The number of hydrogen-bond acceptors (Lipinski definition) is 6. The zero-order valence-corrected chi connectivity index (χ0v) is 19.6. The van der Waals surface area contributed by atoms with Gasteiger partial charge in [0, 0.05) is 37.7 Å². The molecule has 1 saturated heterocycles. The van der Waals surface area contributed by atoms with E-state index in [1.807, 2.05) is 0 Å². The van der Waals surface area contributed by atoms with Crippen molar-refractivity contribution in [1.29, 1.82) is 0 Å². The number of nitrogens with zero attached hydrogens (tertiary/aromatic N) is 1. The largest absolute Gasteiger partial charge is 0.493 e. The Balaban J connectivity index is 1.59. The van der Waals surface area contributed by atoms with Crippen molar-refractivity contribution >= 4 is 15.9 Å². The summed E-state index contributed by atoms with van der Waals surface area (Å²) in [6.07, 6.45) is 1.77. The van der Waals surface area contributed by atoms with Gasteiger partial charge in [0.1, 0.15) is 5.82 Å². The highest BCUT2D eigenvalue weighted by atomic mass is 32.2. The van der Waals surface area contributed by atoms with Crippen LogP contribution in [0, 0.1) is 5.82 Å². The Morgan fingerprint density at radius 3 is 2.64 bits per heavy atom. The van der Waals surface area contributed by atoms with Crippen molar-refractivity contribution < 1.29 is 27.1 Å². The van der Waals surface area contributed by atoms with E-state index in [1.54, 1.807) is 23.1 Å². The van der Waals surface area contributed by atoms with E-state index in [-0.39, 0.29) is 42.0 Å². The number of carbonyl (C=O) groups is 1. The third kappa shape index (κ3) is 6.21. The van der Waals surface area contributed by atoms with Crippen LogP contribution >= 0.6 is 0 Å². The van der Waals surface area contributed by atoms with Gasteiger partial charge in [0.2, 0.25) is 15.9 Å². The molecule has 0 bridgehead atoms. The lowest BCUT2D eigenvalue weighted by molar-refractivity contribution is -0.132. The molecule has 33 heavy (non-hydrogen) atoms. The van der Waals surface area contributed by atoms with Gasteiger partial charge in [-0.15, -0.1) is 0 Å². The highest BCUT2D eigenvalue weighted by Gasteiger charge is 2.31. The van der Waals surface area contributed by atoms with Crippen LogP contribution in [0.2, 0.25) is 0 Å². The molecular formula is C23H30FN3O5S. The van der Waals surface area contributed by atoms with Crippen molar-refractivity contribution in [3.8, 4) is 11.5 Å². The van der Waals surface area contributed by atoms with Gasteiger partial charge in [-0.3, -0.25) is 4.79 Å². The smallest absolute Gasteiger partial charge is 0.240 e. The summed E-state index contributed by atoms with van der Waals surface area (Å²) in [5, 5.41) is 0. The van der Waals surface area contributed by atoms with Gasteiger partial charge < -0.3 is 20.1 Å². The number of carbonyl (C=O) groups excluding carboxylic acids is 1. The molecule has 10 heteroatoms. The Labute approximate surface area is 193 Å². The second-order valence-electron chi connectivity index (χ2n) is 8.01. The van der Waals surface area contributed by atoms with E-state index >= 15 is 0 Å². The highest BCUT2D eigenvalue weighted by molar-refractivity contribution is 7.89. The quantitative estimate of drug-likeness (QED) is 0.540. The van der Waals surface area contributed by atoms with E-state index in [2.05, 4.69) is 4.72 Å². The number of ether oxygens (including phenoxy) is 2. The monoisotopic (exact) mass is 479 g/mol. The van der Waals surface area contributed by atoms with Gasteiger partial charge in [0.15, 0.2) is 11.5 Å². The molecule has 2 atom stereocenters. The number of sulfonamides is 1. The van der Waals surface area contributed by atoms with Gasteiger partial charge >= 0.3 is 0 Å². The molecule has 0 aromatic heterocycles. The molecule has 1 aliphatic rings. The minimum Gasteiger partial charge on any atom is -0.493 e. The van der Waals surface area contributed by atoms with E-state index < -0.39 is 16.1 Å². The number of likely N-dealkylation sites (tertiary alicyclic amines) is 1. The number of methoxy groups -OCH3 is 2. The fourth-order valence-electron chi connectivity index (χ4n) is 4.01. The zero-order chi connectivity index (χ0) is 24.0. The van der Waals surface area contributed by atoms with Crippen LogP contribution in [0.15, 0.2) is 47.4 Å². The van der Waals surface area contributed by atoms with Crippen LogP contribution in [0.25, 0.3) is 0 Å². The molecule has 3 rings (SSSR count). The fourth-order valence-corrected chi connectivity index (χ4v) is 5.10. The Kier molecular flexibility index (Phi) is 8.28. The SMILES string of the molecule is COc1ccc(S(=O)(=O)NCC2CCCN2C(=O)CC(N)Cc2ccccc2F)cc1OC. The summed E-state index contributed by atoms with van der Waals surface area (Å²) in [4.78, 5) is 14.5. The molecule has 0 radical (unpaired) electrons. The number of nitrogens with one attached hydrogen (secondary N) is 1. The van der Waals surface area contributed by atoms with Crippen LogP contribution in [0.4, 0.5) is 4.39 Å². The van der Waals surface area contributed by atoms with Crippen LogP contribution in [-0.2, 0) is 21.2 Å². The molecule has 2 aromatic carbocycles. The summed E-state index contributed by atoms with van der Waals surface area (Å²) in [6, 6.07) is 9.90. The van der Waals surface area contributed by atoms with Gasteiger partial charge in [-0.2, -0.15) is 0 Å². The van der Waals surface area contributed by atoms with Gasteiger partial charge in [-0.25, -0.2) is 17.5 Å². The van der Waals surface area contributed by atoms with Gasteiger partial charge in [-0.1, -0.05) is 18.2 Å². The van der Waals surface area contributed by atoms with E-state index in [1.165, 1.54) is 38.5 Å². The van der Waals surface area contributed by atoms with Crippen LogP contribution in [0.5, 0.6) is 11.5 Å². The number of benzene rings is 2. The molecule has 8 nitrogen and oxygen atoms in total. The first-order valence-corrected chi connectivity index (χ1v) is 12.2. The van der Waals surface area contributed by atoms with E-state index in [0.717, 1.165) is 6.42 Å². The average molecular weight is 480 g/mol. The topological polar surface area (TPSA) is 111 Å². The number of nitrogens with two attached hydrogens (primary N) is 1. The van der Waals surface area contributed by atoms with Crippen molar-refractivity contribution in [1.82, 2.24) is 9.62 Å². The van der Waals surface area contributed by atoms with Crippen molar-refractivity contribution in [3.05, 3.63) is 53.8 Å². The Morgan fingerprint density at radius 2 is 1.94 bits per heavy atom. The summed E-state index contributed by atoms with van der Waals surface area (Å²) in [5.74, 6) is 0.230. The maximum atomic E-state index is 13.9. The zero-order valence-electron chi connectivity index (χ0n) is 18.8. The predicted molar refractivity (Wildman–Crippen MR) is 122 cm³/mol. The van der Waals surface area contributed by atoms with E-state index in [0.29, 0.717) is 30.0 Å². The third-order valence-electron chi connectivity index (χ3n) is 5.75.